The number of carbonyl (C=O) groups excluding carboxylic acids is 1. The second-order valence-electron chi connectivity index (χ2n) is 6.87. The highest BCUT2D eigenvalue weighted by Crippen LogP contribution is 2.19. The van der Waals surface area contributed by atoms with Gasteiger partial charge in [0.25, 0.3) is 5.91 Å². The number of hydrogen-bond acceptors (Lipinski definition) is 5. The summed E-state index contributed by atoms with van der Waals surface area (Å²) in [5.41, 5.74) is 4.16. The third kappa shape index (κ3) is 4.29. The first kappa shape index (κ1) is 19.0. The zero-order chi connectivity index (χ0) is 21.0. The molecule has 1 N–H and O–H groups in total. The van der Waals surface area contributed by atoms with Crippen molar-refractivity contribution in [3.05, 3.63) is 101 Å². The highest BCUT2D eigenvalue weighted by atomic mass is 32.1. The van der Waals surface area contributed by atoms with Gasteiger partial charge in [-0.05, 0) is 54.1 Å². The minimum Gasteiger partial charge on any atom is -0.339 e. The third-order valence-electron chi connectivity index (χ3n) is 4.71. The van der Waals surface area contributed by atoms with Crippen LogP contribution in [-0.4, -0.2) is 29.8 Å². The van der Waals surface area contributed by atoms with E-state index in [1.165, 1.54) is 11.3 Å². The van der Waals surface area contributed by atoms with E-state index in [1.54, 1.807) is 18.5 Å². The molecule has 0 radical (unpaired) electrons. The van der Waals surface area contributed by atoms with Crippen molar-refractivity contribution in [1.29, 1.82) is 0 Å². The van der Waals surface area contributed by atoms with E-state index in [9.17, 15) is 4.79 Å². The Balaban J connectivity index is 1.26. The van der Waals surface area contributed by atoms with Gasteiger partial charge in [0.05, 0.1) is 11.4 Å². The SMILES string of the molecule is O=C(Nc1nc(C=Cc2cn3ccccc3n2)cs1)c1cccn1Cc1ccncc1. The van der Waals surface area contributed by atoms with Crippen LogP contribution in [0.15, 0.2) is 78.8 Å². The topological polar surface area (TPSA) is 77.1 Å². The number of aromatic nitrogens is 5. The van der Waals surface area contributed by atoms with Gasteiger partial charge < -0.3 is 8.97 Å². The summed E-state index contributed by atoms with van der Waals surface area (Å²) in [4.78, 5) is 25.8. The first-order chi connectivity index (χ1) is 15.2. The van der Waals surface area contributed by atoms with E-state index in [2.05, 4.69) is 20.3 Å². The standard InChI is InChI=1S/C23H18N6OS/c30-22(20-4-3-13-28(20)14-17-8-10-24-11-9-17)27-23-26-19(16-31-23)7-6-18-15-29-12-2-1-5-21(29)25-18/h1-13,15-16H,14H2,(H,26,27,30). The van der Waals surface area contributed by atoms with Crippen LogP contribution in [0.5, 0.6) is 0 Å². The lowest BCUT2D eigenvalue weighted by Crippen LogP contribution is -2.17. The van der Waals surface area contributed by atoms with Crippen LogP contribution >= 0.6 is 11.3 Å². The van der Waals surface area contributed by atoms with E-state index < -0.39 is 0 Å². The lowest BCUT2D eigenvalue weighted by Gasteiger charge is -2.08. The summed E-state index contributed by atoms with van der Waals surface area (Å²) in [5, 5.41) is 5.35. The van der Waals surface area contributed by atoms with Crippen molar-refractivity contribution in [2.45, 2.75) is 6.54 Å². The molecule has 5 rings (SSSR count). The lowest BCUT2D eigenvalue weighted by atomic mass is 10.2. The fraction of sp³-hybridized carbons (Fsp3) is 0.0435. The first-order valence-electron chi connectivity index (χ1n) is 9.67. The summed E-state index contributed by atoms with van der Waals surface area (Å²) < 4.78 is 3.87. The Morgan fingerprint density at radius 3 is 2.74 bits per heavy atom. The minimum absolute atomic E-state index is 0.190. The van der Waals surface area contributed by atoms with E-state index in [-0.39, 0.29) is 5.91 Å². The normalized spacial score (nSPS) is 11.4. The monoisotopic (exact) mass is 426 g/mol. The molecule has 0 atom stereocenters. The Morgan fingerprint density at radius 2 is 1.87 bits per heavy atom. The van der Waals surface area contributed by atoms with Gasteiger partial charge in [0.2, 0.25) is 0 Å². The summed E-state index contributed by atoms with van der Waals surface area (Å²) in [7, 11) is 0. The average Bonchev–Trinajstić information content (AvgIpc) is 3.52. The van der Waals surface area contributed by atoms with Gasteiger partial charge in [-0.15, -0.1) is 11.3 Å². The fourth-order valence-electron chi connectivity index (χ4n) is 3.23. The van der Waals surface area contributed by atoms with Gasteiger partial charge in [-0.3, -0.25) is 15.1 Å². The second kappa shape index (κ2) is 8.37. The van der Waals surface area contributed by atoms with Crippen molar-refractivity contribution in [1.82, 2.24) is 23.9 Å². The van der Waals surface area contributed by atoms with Gasteiger partial charge in [0, 0.05) is 42.9 Å². The van der Waals surface area contributed by atoms with Crippen LogP contribution in [0.4, 0.5) is 5.13 Å². The van der Waals surface area contributed by atoms with Crippen LogP contribution in [-0.2, 0) is 6.54 Å². The van der Waals surface area contributed by atoms with Crippen LogP contribution in [0.25, 0.3) is 17.8 Å². The molecule has 0 aliphatic rings. The molecular weight excluding hydrogens is 408 g/mol. The maximum Gasteiger partial charge on any atom is 0.274 e. The Labute approximate surface area is 182 Å². The van der Waals surface area contributed by atoms with Gasteiger partial charge >= 0.3 is 0 Å². The maximum atomic E-state index is 12.8. The van der Waals surface area contributed by atoms with E-state index in [0.29, 0.717) is 17.4 Å². The number of nitrogens with one attached hydrogen (secondary N) is 1. The molecule has 0 spiro atoms. The molecule has 0 aliphatic heterocycles. The predicted molar refractivity (Wildman–Crippen MR) is 122 cm³/mol. The van der Waals surface area contributed by atoms with Crippen LogP contribution in [0.2, 0.25) is 0 Å². The number of hydrogen-bond donors (Lipinski definition) is 1. The smallest absolute Gasteiger partial charge is 0.274 e. The van der Waals surface area contributed by atoms with Crippen molar-refractivity contribution in [2.75, 3.05) is 5.32 Å². The molecule has 5 aromatic rings. The molecule has 0 aromatic carbocycles. The molecule has 152 valence electrons. The van der Waals surface area contributed by atoms with Crippen molar-refractivity contribution in [3.63, 3.8) is 0 Å². The van der Waals surface area contributed by atoms with Gasteiger partial charge in [-0.2, -0.15) is 0 Å². The number of rotatable bonds is 6. The zero-order valence-corrected chi connectivity index (χ0v) is 17.2. The van der Waals surface area contributed by atoms with Crippen molar-refractivity contribution in [3.8, 4) is 0 Å². The number of carbonyl (C=O) groups is 1. The molecule has 5 heterocycles. The molecule has 7 nitrogen and oxygen atoms in total. The Kier molecular flexibility index (Phi) is 5.12. The second-order valence-corrected chi connectivity index (χ2v) is 7.73. The van der Waals surface area contributed by atoms with Crippen molar-refractivity contribution >= 4 is 40.2 Å². The zero-order valence-electron chi connectivity index (χ0n) is 16.4. The highest BCUT2D eigenvalue weighted by Gasteiger charge is 2.13. The molecule has 1 amide bonds. The molecule has 0 saturated carbocycles. The lowest BCUT2D eigenvalue weighted by molar-refractivity contribution is 0.101. The molecule has 5 aromatic heterocycles. The van der Waals surface area contributed by atoms with E-state index in [4.69, 9.17) is 0 Å². The summed E-state index contributed by atoms with van der Waals surface area (Å²) in [6.45, 7) is 0.600. The summed E-state index contributed by atoms with van der Waals surface area (Å²) in [6, 6.07) is 13.4. The van der Waals surface area contributed by atoms with E-state index >= 15 is 0 Å². The summed E-state index contributed by atoms with van der Waals surface area (Å²) in [5.74, 6) is -0.190. The number of anilines is 1. The van der Waals surface area contributed by atoms with E-state index in [0.717, 1.165) is 22.6 Å². The number of imidazole rings is 1. The molecular formula is C23H18N6OS. The summed E-state index contributed by atoms with van der Waals surface area (Å²) >= 11 is 1.39. The number of thiazole rings is 1. The van der Waals surface area contributed by atoms with Crippen LogP contribution < -0.4 is 5.32 Å². The minimum atomic E-state index is -0.190. The van der Waals surface area contributed by atoms with Gasteiger partial charge in [0.1, 0.15) is 11.3 Å². The molecule has 0 bridgehead atoms. The van der Waals surface area contributed by atoms with Gasteiger partial charge in [0.15, 0.2) is 5.13 Å². The van der Waals surface area contributed by atoms with Gasteiger partial charge in [-0.25, -0.2) is 9.97 Å². The quantitative estimate of drug-likeness (QED) is 0.435. The maximum absolute atomic E-state index is 12.8. The highest BCUT2D eigenvalue weighted by molar-refractivity contribution is 7.14. The Hall–Kier alpha value is -4.04. The average molecular weight is 427 g/mol. The molecule has 0 fully saturated rings. The van der Waals surface area contributed by atoms with Crippen LogP contribution in [0, 0.1) is 0 Å². The van der Waals surface area contributed by atoms with E-state index in [1.807, 2.05) is 81.5 Å². The Bertz CT molecular complexity index is 1330. The number of fused-ring (bicyclic) bond motifs is 1. The number of amides is 1. The first-order valence-corrected chi connectivity index (χ1v) is 10.6. The van der Waals surface area contributed by atoms with Gasteiger partial charge in [-0.1, -0.05) is 6.07 Å². The molecule has 0 unspecified atom stereocenters. The summed E-state index contributed by atoms with van der Waals surface area (Å²) in [6.07, 6.45) is 13.1. The number of nitrogens with zero attached hydrogens (tertiary/aromatic N) is 5. The number of pyridine rings is 2. The van der Waals surface area contributed by atoms with Crippen LogP contribution in [0.1, 0.15) is 27.4 Å². The predicted octanol–water partition coefficient (Wildman–Crippen LogP) is 4.46. The molecule has 0 aliphatic carbocycles. The Morgan fingerprint density at radius 1 is 1.00 bits per heavy atom. The molecule has 0 saturated heterocycles. The fourth-order valence-corrected chi connectivity index (χ4v) is 3.90. The molecule has 8 heteroatoms. The molecule has 31 heavy (non-hydrogen) atoms. The van der Waals surface area contributed by atoms with Crippen LogP contribution in [0.3, 0.4) is 0 Å². The third-order valence-corrected chi connectivity index (χ3v) is 5.49. The van der Waals surface area contributed by atoms with Crippen molar-refractivity contribution < 1.29 is 4.79 Å². The van der Waals surface area contributed by atoms with Crippen molar-refractivity contribution in [2.24, 2.45) is 0 Å². The largest absolute Gasteiger partial charge is 0.339 e.